The number of H-pyrrole nitrogens is 1. The summed E-state index contributed by atoms with van der Waals surface area (Å²) in [5.41, 5.74) is 4.27. The summed E-state index contributed by atoms with van der Waals surface area (Å²) in [6.45, 7) is 0. The van der Waals surface area contributed by atoms with Gasteiger partial charge in [0.15, 0.2) is 10.7 Å². The van der Waals surface area contributed by atoms with E-state index in [1.54, 1.807) is 0 Å². The number of aromatic nitrogens is 4. The SMILES string of the molecule is Nc1nc(C(=CCC(=O)O)C(=O)N[C@]2(C=S)C(=O)N3C(C(=O)O)=C(c4cn[nH]n4)CS[C@H]32)cs1. The summed E-state index contributed by atoms with van der Waals surface area (Å²) in [6.07, 6.45) is 2.02. The molecular formula is C18H15N7O6S3. The number of carbonyl (C=O) groups is 4. The van der Waals surface area contributed by atoms with Crippen LogP contribution in [0.5, 0.6) is 0 Å². The average molecular weight is 522 g/mol. The van der Waals surface area contributed by atoms with Crippen LogP contribution >= 0.6 is 35.3 Å². The van der Waals surface area contributed by atoms with Crippen molar-refractivity contribution in [1.82, 2.24) is 30.6 Å². The number of nitrogens with zero attached hydrogens (tertiary/aromatic N) is 4. The second kappa shape index (κ2) is 8.96. The van der Waals surface area contributed by atoms with Gasteiger partial charge < -0.3 is 21.3 Å². The number of fused-ring (bicyclic) bond motifs is 1. The van der Waals surface area contributed by atoms with Crippen molar-refractivity contribution in [3.8, 4) is 0 Å². The third-order valence-corrected chi connectivity index (χ3v) is 7.46. The minimum atomic E-state index is -1.70. The lowest BCUT2D eigenvalue weighted by molar-refractivity contribution is -0.153. The number of carboxylic acids is 2. The molecule has 2 amide bonds. The summed E-state index contributed by atoms with van der Waals surface area (Å²) in [5, 5.41) is 33.3. The molecule has 0 aromatic carbocycles. The van der Waals surface area contributed by atoms with Crippen molar-refractivity contribution in [2.45, 2.75) is 17.3 Å². The van der Waals surface area contributed by atoms with Crippen molar-refractivity contribution < 1.29 is 29.4 Å². The van der Waals surface area contributed by atoms with E-state index in [1.165, 1.54) is 23.3 Å². The molecule has 2 aromatic heterocycles. The second-order valence-electron chi connectivity index (χ2n) is 7.05. The van der Waals surface area contributed by atoms with E-state index in [9.17, 15) is 24.3 Å². The molecule has 0 unspecified atom stereocenters. The van der Waals surface area contributed by atoms with Gasteiger partial charge >= 0.3 is 11.9 Å². The predicted octanol–water partition coefficient (Wildman–Crippen LogP) is -0.0328. The fraction of sp³-hybridized carbons (Fsp3) is 0.222. The molecule has 0 radical (unpaired) electrons. The topological polar surface area (TPSA) is 204 Å². The number of carboxylic acid groups (broad SMARTS) is 2. The molecule has 2 aliphatic rings. The van der Waals surface area contributed by atoms with E-state index < -0.39 is 41.1 Å². The number of nitrogens with two attached hydrogens (primary N) is 1. The normalized spacial score (nSPS) is 22.1. The molecule has 2 aliphatic heterocycles. The van der Waals surface area contributed by atoms with Gasteiger partial charge in [0.2, 0.25) is 0 Å². The third-order valence-electron chi connectivity index (χ3n) is 5.07. The highest BCUT2D eigenvalue weighted by molar-refractivity contribution is 8.00. The van der Waals surface area contributed by atoms with Crippen LogP contribution in [-0.2, 0) is 19.2 Å². The maximum atomic E-state index is 13.3. The maximum absolute atomic E-state index is 13.3. The maximum Gasteiger partial charge on any atom is 0.353 e. The molecule has 176 valence electrons. The Kier molecular flexibility index (Phi) is 6.20. The highest BCUT2D eigenvalue weighted by Crippen LogP contribution is 2.47. The monoisotopic (exact) mass is 521 g/mol. The number of aromatic amines is 1. The van der Waals surface area contributed by atoms with Crippen LogP contribution in [0.4, 0.5) is 5.13 Å². The highest BCUT2D eigenvalue weighted by atomic mass is 32.2. The first kappa shape index (κ1) is 23.5. The van der Waals surface area contributed by atoms with Crippen LogP contribution in [0.15, 0.2) is 23.3 Å². The largest absolute Gasteiger partial charge is 0.481 e. The van der Waals surface area contributed by atoms with Gasteiger partial charge in [0.25, 0.3) is 11.8 Å². The van der Waals surface area contributed by atoms with Gasteiger partial charge in [0.05, 0.1) is 23.9 Å². The zero-order valence-corrected chi connectivity index (χ0v) is 19.4. The lowest BCUT2D eigenvalue weighted by Gasteiger charge is -2.55. The summed E-state index contributed by atoms with van der Waals surface area (Å²) in [4.78, 5) is 54.6. The van der Waals surface area contributed by atoms with Gasteiger partial charge in [-0.15, -0.1) is 23.1 Å². The van der Waals surface area contributed by atoms with E-state index in [1.807, 2.05) is 0 Å². The summed E-state index contributed by atoms with van der Waals surface area (Å²) >= 11 is 7.33. The number of thiazole rings is 1. The molecule has 4 rings (SSSR count). The lowest BCUT2D eigenvalue weighted by atomic mass is 9.87. The van der Waals surface area contributed by atoms with Crippen molar-refractivity contribution in [2.24, 2.45) is 0 Å². The fourth-order valence-electron chi connectivity index (χ4n) is 3.55. The summed E-state index contributed by atoms with van der Waals surface area (Å²) in [6, 6.07) is 0. The van der Waals surface area contributed by atoms with Gasteiger partial charge in [-0.3, -0.25) is 19.3 Å². The second-order valence-corrected chi connectivity index (χ2v) is 9.25. The molecule has 0 aliphatic carbocycles. The van der Waals surface area contributed by atoms with Crippen molar-refractivity contribution in [3.63, 3.8) is 0 Å². The van der Waals surface area contributed by atoms with Crippen LogP contribution < -0.4 is 11.1 Å². The standard InChI is InChI=1S/C18H15N7O6S3/c19-17-21-10(5-34-17)7(1-2-11(26)27)13(28)22-18(6-32)15(31)25-12(14(29)30)8(4-33-16(18)25)9-3-20-24-23-9/h1,3,5-6,16H,2,4H2,(H2,19,21)(H,22,28)(H,26,27)(H,29,30)(H,20,23,24)/t16-,18+/m0/s1. The molecule has 2 atom stereocenters. The molecule has 1 fully saturated rings. The molecule has 13 nitrogen and oxygen atoms in total. The van der Waals surface area contributed by atoms with Gasteiger partial charge in [-0.25, -0.2) is 9.78 Å². The van der Waals surface area contributed by atoms with Crippen LogP contribution in [0.1, 0.15) is 17.8 Å². The molecule has 0 saturated carbocycles. The van der Waals surface area contributed by atoms with Gasteiger partial charge in [-0.2, -0.15) is 15.4 Å². The number of thiocarbonyl (C=S) groups is 1. The fourth-order valence-corrected chi connectivity index (χ4v) is 5.93. The number of amides is 2. The number of nitrogen functional groups attached to an aromatic ring is 1. The number of anilines is 1. The van der Waals surface area contributed by atoms with Crippen LogP contribution in [0.2, 0.25) is 0 Å². The quantitative estimate of drug-likeness (QED) is 0.176. The number of hydrogen-bond donors (Lipinski definition) is 5. The smallest absolute Gasteiger partial charge is 0.353 e. The van der Waals surface area contributed by atoms with E-state index in [0.717, 1.165) is 27.7 Å². The summed E-state index contributed by atoms with van der Waals surface area (Å²) in [7, 11) is 0. The Morgan fingerprint density at radius 2 is 2.18 bits per heavy atom. The van der Waals surface area contributed by atoms with Crippen LogP contribution in [0, 0.1) is 0 Å². The Morgan fingerprint density at radius 3 is 2.74 bits per heavy atom. The minimum Gasteiger partial charge on any atom is -0.481 e. The molecule has 34 heavy (non-hydrogen) atoms. The molecule has 0 bridgehead atoms. The van der Waals surface area contributed by atoms with Crippen LogP contribution in [0.25, 0.3) is 11.1 Å². The number of aliphatic carboxylic acids is 2. The molecule has 6 N–H and O–H groups in total. The minimum absolute atomic E-state index is 0.101. The predicted molar refractivity (Wildman–Crippen MR) is 125 cm³/mol. The first-order valence-corrected chi connectivity index (χ1v) is 11.8. The number of carbonyl (C=O) groups excluding carboxylic acids is 2. The van der Waals surface area contributed by atoms with Crippen molar-refractivity contribution in [3.05, 3.63) is 34.7 Å². The van der Waals surface area contributed by atoms with Crippen molar-refractivity contribution >= 4 is 80.7 Å². The van der Waals surface area contributed by atoms with E-state index in [-0.39, 0.29) is 33.5 Å². The number of rotatable bonds is 8. The van der Waals surface area contributed by atoms with Crippen LogP contribution in [-0.4, -0.2) is 81.3 Å². The molecule has 2 aromatic rings. The van der Waals surface area contributed by atoms with Gasteiger partial charge in [-0.05, 0) is 0 Å². The number of nitrogens with one attached hydrogen (secondary N) is 2. The molecule has 16 heteroatoms. The number of β-lactam (4-membered cyclic amide) rings is 1. The molecule has 0 spiro atoms. The van der Waals surface area contributed by atoms with Gasteiger partial charge in [0.1, 0.15) is 16.8 Å². The van der Waals surface area contributed by atoms with Crippen LogP contribution in [0.3, 0.4) is 0 Å². The Bertz CT molecular complexity index is 1270. The van der Waals surface area contributed by atoms with E-state index in [4.69, 9.17) is 23.1 Å². The zero-order chi connectivity index (χ0) is 24.6. The Labute approximate surface area is 204 Å². The van der Waals surface area contributed by atoms with Crippen molar-refractivity contribution in [2.75, 3.05) is 11.5 Å². The zero-order valence-electron chi connectivity index (χ0n) is 16.9. The Hall–Kier alpha value is -3.63. The van der Waals surface area contributed by atoms with E-state index in [0.29, 0.717) is 5.57 Å². The molecule has 1 saturated heterocycles. The average Bonchev–Trinajstić information content (AvgIpc) is 3.48. The summed E-state index contributed by atoms with van der Waals surface area (Å²) < 4.78 is 0. The molecular weight excluding hydrogens is 506 g/mol. The molecule has 4 heterocycles. The van der Waals surface area contributed by atoms with Gasteiger partial charge in [0, 0.05) is 22.1 Å². The van der Waals surface area contributed by atoms with Crippen molar-refractivity contribution in [1.29, 1.82) is 0 Å². The van der Waals surface area contributed by atoms with E-state index in [2.05, 4.69) is 25.7 Å². The van der Waals surface area contributed by atoms with E-state index >= 15 is 0 Å². The first-order valence-electron chi connectivity index (χ1n) is 9.39. The lowest BCUT2D eigenvalue weighted by Crippen LogP contribution is -2.80. The Balaban J connectivity index is 1.67. The Morgan fingerprint density at radius 1 is 1.41 bits per heavy atom. The highest BCUT2D eigenvalue weighted by Gasteiger charge is 2.64. The number of thioether (sulfide) groups is 1. The summed E-state index contributed by atoms with van der Waals surface area (Å²) in [5.74, 6) is -3.91. The third kappa shape index (κ3) is 3.84. The first-order chi connectivity index (χ1) is 16.2. The number of hydrogen-bond acceptors (Lipinski definition) is 11. The van der Waals surface area contributed by atoms with Gasteiger partial charge in [-0.1, -0.05) is 18.3 Å².